The van der Waals surface area contributed by atoms with E-state index in [9.17, 15) is 47.4 Å². The lowest BCUT2D eigenvalue weighted by molar-refractivity contribution is -0.163. The van der Waals surface area contributed by atoms with Crippen LogP contribution < -0.4 is 21.3 Å². The van der Waals surface area contributed by atoms with Crippen molar-refractivity contribution in [3.63, 3.8) is 0 Å². The van der Waals surface area contributed by atoms with Crippen LogP contribution in [0.1, 0.15) is 58.1 Å². The van der Waals surface area contributed by atoms with Gasteiger partial charge in [-0.05, 0) is 82.7 Å². The summed E-state index contributed by atoms with van der Waals surface area (Å²) in [6, 6.07) is 0.333. The van der Waals surface area contributed by atoms with E-state index < -0.39 is 108 Å². The first kappa shape index (κ1) is 43.5. The van der Waals surface area contributed by atoms with Crippen molar-refractivity contribution in [2.45, 2.75) is 109 Å². The summed E-state index contributed by atoms with van der Waals surface area (Å²) < 4.78 is 34.4. The molecule has 0 bridgehead atoms. The molecule has 3 aliphatic rings. The second-order valence-corrected chi connectivity index (χ2v) is 15.5. The van der Waals surface area contributed by atoms with E-state index in [1.54, 1.807) is 24.3 Å². The molecule has 0 spiro atoms. The number of nitrogens with zero attached hydrogens (tertiary/aromatic N) is 3. The van der Waals surface area contributed by atoms with Crippen molar-refractivity contribution in [3.05, 3.63) is 65.2 Å². The number of benzene rings is 2. The number of cyclic esters (lactones) is 1. The van der Waals surface area contributed by atoms with Crippen LogP contribution >= 0.6 is 0 Å². The molecule has 5 rings (SSSR count). The van der Waals surface area contributed by atoms with Gasteiger partial charge in [-0.1, -0.05) is 24.6 Å². The van der Waals surface area contributed by atoms with Crippen molar-refractivity contribution in [2.24, 2.45) is 5.92 Å². The van der Waals surface area contributed by atoms with Gasteiger partial charge < -0.3 is 45.8 Å². The molecule has 16 nitrogen and oxygen atoms in total. The summed E-state index contributed by atoms with van der Waals surface area (Å²) >= 11 is 0. The maximum atomic E-state index is 14.6. The molecular weight excluding hydrogens is 760 g/mol. The van der Waals surface area contributed by atoms with Crippen LogP contribution in [0, 0.1) is 24.5 Å². The Hall–Kier alpha value is -5.65. The molecule has 0 aromatic heterocycles. The Kier molecular flexibility index (Phi) is 13.7. The molecule has 58 heavy (non-hydrogen) atoms. The highest BCUT2D eigenvalue weighted by molar-refractivity contribution is 5.98. The van der Waals surface area contributed by atoms with Gasteiger partial charge in [0, 0.05) is 38.3 Å². The number of aryl methyl sites for hydroxylation is 1. The Labute approximate surface area is 335 Å². The molecule has 0 saturated carbocycles. The minimum absolute atomic E-state index is 0.00337. The standard InChI is InChI=1S/C40H51F2N7O9/c1-20-9-11-28(12-10-20)44-40(57)45-29(17-25-15-26(41)18-27(42)16-25)34(51)46-32-24(5)58-39(56)31-14-21(2)19-49(31)36(53)22(3)43-35(52)33(23(4)50)47(6)37(54)30-8-7-13-48(30)38(32)55/h9-12,15-16,18,21-24,29-33,50H,7-8,13-14,17,19H2,1-6H3,(H,43,52)(H,46,51)(H2,44,45,57)/t21-,22+,23?,24+,29+,30+,31+,32+,33+/m1/s1. The van der Waals surface area contributed by atoms with Gasteiger partial charge in [-0.2, -0.15) is 0 Å². The molecule has 9 atom stereocenters. The molecule has 7 amide bonds. The first-order valence-corrected chi connectivity index (χ1v) is 19.3. The SMILES string of the molecule is Cc1ccc(NC(=O)N[C@@H](Cc2cc(F)cc(F)c2)C(=O)N[C@@H]2C(=O)N3CCC[C@H]3C(=O)N(C)[C@@H](C(C)O)C(=O)N[C@@H](C)C(=O)N3C[C@H](C)C[C@H]3C(=O)O[C@H]2C)cc1. The molecule has 3 saturated heterocycles. The van der Waals surface area contributed by atoms with Gasteiger partial charge in [0.25, 0.3) is 0 Å². The lowest BCUT2D eigenvalue weighted by Gasteiger charge is -2.37. The summed E-state index contributed by atoms with van der Waals surface area (Å²) in [5.41, 5.74) is 1.29. The third kappa shape index (κ3) is 10.1. The molecule has 0 radical (unpaired) electrons. The molecule has 2 aromatic carbocycles. The minimum atomic E-state index is -1.69. The van der Waals surface area contributed by atoms with E-state index in [1.165, 1.54) is 37.6 Å². The molecular formula is C40H51F2N7O9. The van der Waals surface area contributed by atoms with Gasteiger partial charge in [0.05, 0.1) is 6.10 Å². The van der Waals surface area contributed by atoms with E-state index in [0.717, 1.165) is 22.6 Å². The van der Waals surface area contributed by atoms with Gasteiger partial charge in [-0.3, -0.25) is 24.0 Å². The number of rotatable bonds is 7. The van der Waals surface area contributed by atoms with Crippen LogP contribution in [-0.4, -0.2) is 130 Å². The number of nitrogens with one attached hydrogen (secondary N) is 4. The van der Waals surface area contributed by atoms with E-state index in [4.69, 9.17) is 4.74 Å². The largest absolute Gasteiger partial charge is 0.458 e. The number of urea groups is 1. The highest BCUT2D eigenvalue weighted by Gasteiger charge is 2.47. The number of hydrogen-bond acceptors (Lipinski definition) is 9. The van der Waals surface area contributed by atoms with Crippen molar-refractivity contribution < 1.29 is 52.2 Å². The lowest BCUT2D eigenvalue weighted by Crippen LogP contribution is -2.63. The van der Waals surface area contributed by atoms with E-state index in [-0.39, 0.29) is 37.4 Å². The zero-order valence-corrected chi connectivity index (χ0v) is 33.3. The maximum Gasteiger partial charge on any atom is 0.329 e. The number of halogens is 2. The summed E-state index contributed by atoms with van der Waals surface area (Å²) in [7, 11) is 1.30. The Morgan fingerprint density at radius 1 is 0.948 bits per heavy atom. The zero-order valence-electron chi connectivity index (χ0n) is 33.3. The number of likely N-dealkylation sites (N-methyl/N-ethyl adjacent to an activating group) is 1. The van der Waals surface area contributed by atoms with E-state index >= 15 is 0 Å². The van der Waals surface area contributed by atoms with Crippen LogP contribution in [-0.2, 0) is 39.9 Å². The summed E-state index contributed by atoms with van der Waals surface area (Å²) in [5, 5.41) is 20.9. The van der Waals surface area contributed by atoms with Crippen LogP contribution in [0.15, 0.2) is 42.5 Å². The molecule has 3 aliphatic heterocycles. The van der Waals surface area contributed by atoms with Crippen molar-refractivity contribution in [2.75, 3.05) is 25.5 Å². The summed E-state index contributed by atoms with van der Waals surface area (Å²) in [4.78, 5) is 101. The quantitative estimate of drug-likeness (QED) is 0.256. The Morgan fingerprint density at radius 2 is 1.60 bits per heavy atom. The average molecular weight is 812 g/mol. The predicted octanol–water partition coefficient (Wildman–Crippen LogP) is 1.38. The van der Waals surface area contributed by atoms with Crippen LogP contribution in [0.5, 0.6) is 0 Å². The van der Waals surface area contributed by atoms with Gasteiger partial charge in [0.2, 0.25) is 29.5 Å². The fourth-order valence-electron chi connectivity index (χ4n) is 7.78. The Morgan fingerprint density at radius 3 is 2.24 bits per heavy atom. The van der Waals surface area contributed by atoms with Crippen LogP contribution in [0.3, 0.4) is 0 Å². The summed E-state index contributed by atoms with van der Waals surface area (Å²) in [6.07, 6.45) is -2.58. The van der Waals surface area contributed by atoms with Gasteiger partial charge >= 0.3 is 12.0 Å². The number of hydrogen-bond donors (Lipinski definition) is 5. The zero-order chi connectivity index (χ0) is 42.6. The first-order valence-electron chi connectivity index (χ1n) is 19.3. The fraction of sp³-hybridized carbons (Fsp3) is 0.525. The van der Waals surface area contributed by atoms with Crippen LogP contribution in [0.25, 0.3) is 0 Å². The molecule has 1 unspecified atom stereocenters. The van der Waals surface area contributed by atoms with E-state index in [0.29, 0.717) is 18.2 Å². The highest BCUT2D eigenvalue weighted by Crippen LogP contribution is 2.27. The van der Waals surface area contributed by atoms with Crippen molar-refractivity contribution in [1.29, 1.82) is 0 Å². The lowest BCUT2D eigenvalue weighted by atomic mass is 10.0. The molecule has 2 aromatic rings. The number of amides is 7. The molecule has 0 aliphatic carbocycles. The van der Waals surface area contributed by atoms with E-state index in [2.05, 4.69) is 21.3 Å². The number of anilines is 1. The normalized spacial score (nSPS) is 26.9. The summed E-state index contributed by atoms with van der Waals surface area (Å²) in [5.74, 6) is -6.91. The number of esters is 1. The van der Waals surface area contributed by atoms with Crippen LogP contribution in [0.2, 0.25) is 0 Å². The smallest absolute Gasteiger partial charge is 0.329 e. The van der Waals surface area contributed by atoms with Gasteiger partial charge in [0.15, 0.2) is 0 Å². The number of aliphatic hydroxyl groups is 1. The van der Waals surface area contributed by atoms with Crippen molar-refractivity contribution >= 4 is 47.2 Å². The van der Waals surface area contributed by atoms with Gasteiger partial charge in [0.1, 0.15) is 54.0 Å². The Balaban J connectivity index is 1.51. The second-order valence-electron chi connectivity index (χ2n) is 15.5. The van der Waals surface area contributed by atoms with Gasteiger partial charge in [-0.15, -0.1) is 0 Å². The topological polar surface area (TPSA) is 207 Å². The number of carbonyl (C=O) groups excluding carboxylic acids is 7. The number of ether oxygens (including phenoxy) is 1. The van der Waals surface area contributed by atoms with Crippen LogP contribution in [0.4, 0.5) is 19.3 Å². The molecule has 5 N–H and O–H groups in total. The first-order chi connectivity index (χ1) is 27.3. The fourth-order valence-corrected chi connectivity index (χ4v) is 7.78. The molecule has 3 heterocycles. The van der Waals surface area contributed by atoms with Gasteiger partial charge in [-0.25, -0.2) is 18.4 Å². The number of carbonyl (C=O) groups is 7. The average Bonchev–Trinajstić information content (AvgIpc) is 3.80. The number of fused-ring (bicyclic) bond motifs is 2. The predicted molar refractivity (Wildman–Crippen MR) is 205 cm³/mol. The summed E-state index contributed by atoms with van der Waals surface area (Å²) in [6.45, 7) is 7.92. The molecule has 3 fully saturated rings. The number of aliphatic hydroxyl groups excluding tert-OH is 1. The third-order valence-electron chi connectivity index (χ3n) is 10.7. The maximum absolute atomic E-state index is 14.6. The molecule has 18 heteroatoms. The molecule has 314 valence electrons. The van der Waals surface area contributed by atoms with Crippen molar-refractivity contribution in [3.8, 4) is 0 Å². The van der Waals surface area contributed by atoms with Crippen molar-refractivity contribution in [1.82, 2.24) is 30.7 Å². The Bertz CT molecular complexity index is 1890. The van der Waals surface area contributed by atoms with E-state index in [1.807, 2.05) is 13.8 Å². The second kappa shape index (κ2) is 18.3. The third-order valence-corrected chi connectivity index (χ3v) is 10.7. The highest BCUT2D eigenvalue weighted by atomic mass is 19.1. The minimum Gasteiger partial charge on any atom is -0.458 e. The monoisotopic (exact) mass is 811 g/mol.